The largest absolute Gasteiger partial charge is 0.377 e. The van der Waals surface area contributed by atoms with Crippen LogP contribution in [-0.4, -0.2) is 26.1 Å². The van der Waals surface area contributed by atoms with E-state index in [-0.39, 0.29) is 16.7 Å². The van der Waals surface area contributed by atoms with E-state index in [0.717, 1.165) is 25.7 Å². The minimum Gasteiger partial charge on any atom is -0.377 e. The van der Waals surface area contributed by atoms with Crippen molar-refractivity contribution in [3.63, 3.8) is 0 Å². The first-order valence-electron chi connectivity index (χ1n) is 9.00. The van der Waals surface area contributed by atoms with Gasteiger partial charge in [-0.05, 0) is 37.1 Å². The van der Waals surface area contributed by atoms with Gasteiger partial charge in [-0.3, -0.25) is 15.1 Å². The molecular weight excluding hydrogens is 346 g/mol. The quantitative estimate of drug-likeness (QED) is 0.525. The lowest BCUT2D eigenvalue weighted by Gasteiger charge is -2.23. The van der Waals surface area contributed by atoms with Crippen LogP contribution >= 0.6 is 0 Å². The van der Waals surface area contributed by atoms with Gasteiger partial charge >= 0.3 is 0 Å². The molecular formula is C19H19N5O3. The highest BCUT2D eigenvalue weighted by Gasteiger charge is 2.21. The van der Waals surface area contributed by atoms with Crippen LogP contribution in [0.3, 0.4) is 0 Å². The third kappa shape index (κ3) is 3.79. The second-order valence-electron chi connectivity index (χ2n) is 6.63. The predicted octanol–water partition coefficient (Wildman–Crippen LogP) is 4.45. The van der Waals surface area contributed by atoms with Crippen LogP contribution < -0.4 is 5.32 Å². The van der Waals surface area contributed by atoms with E-state index in [1.807, 2.05) is 6.07 Å². The van der Waals surface area contributed by atoms with Crippen molar-refractivity contribution in [2.75, 3.05) is 5.32 Å². The highest BCUT2D eigenvalue weighted by Crippen LogP contribution is 2.32. The second-order valence-corrected chi connectivity index (χ2v) is 6.63. The van der Waals surface area contributed by atoms with Crippen LogP contribution in [0.2, 0.25) is 0 Å². The molecule has 0 amide bonds. The number of rotatable bonds is 5. The third-order valence-corrected chi connectivity index (χ3v) is 4.75. The summed E-state index contributed by atoms with van der Waals surface area (Å²) in [6.07, 6.45) is 8.90. The Morgan fingerprint density at radius 2 is 2.00 bits per heavy atom. The van der Waals surface area contributed by atoms with Crippen LogP contribution in [0.25, 0.3) is 22.8 Å². The second kappa shape index (κ2) is 7.53. The molecule has 0 bridgehead atoms. The normalized spacial score (nSPS) is 14.8. The predicted molar refractivity (Wildman–Crippen MR) is 100 cm³/mol. The molecule has 8 nitrogen and oxygen atoms in total. The number of aromatic nitrogens is 3. The molecule has 1 aliphatic rings. The number of hydrogen-bond acceptors (Lipinski definition) is 7. The van der Waals surface area contributed by atoms with Gasteiger partial charge in [0, 0.05) is 30.1 Å². The molecule has 1 aromatic carbocycles. The highest BCUT2D eigenvalue weighted by molar-refractivity contribution is 5.71. The lowest BCUT2D eigenvalue weighted by atomic mass is 9.95. The fraction of sp³-hybridized carbons (Fsp3) is 0.316. The molecule has 2 aromatic heterocycles. The number of benzene rings is 1. The van der Waals surface area contributed by atoms with E-state index in [2.05, 4.69) is 20.4 Å². The summed E-state index contributed by atoms with van der Waals surface area (Å²) in [4.78, 5) is 19.5. The molecule has 138 valence electrons. The van der Waals surface area contributed by atoms with Crippen LogP contribution in [0.15, 0.2) is 47.2 Å². The number of nitrogens with zero attached hydrogens (tertiary/aromatic N) is 4. The number of nitrogens with one attached hydrogen (secondary N) is 1. The van der Waals surface area contributed by atoms with Gasteiger partial charge in [0.25, 0.3) is 11.6 Å². The first kappa shape index (κ1) is 17.1. The minimum absolute atomic E-state index is 0.0193. The molecule has 2 heterocycles. The summed E-state index contributed by atoms with van der Waals surface area (Å²) in [6, 6.07) is 8.85. The molecule has 0 saturated heterocycles. The van der Waals surface area contributed by atoms with Crippen molar-refractivity contribution < 1.29 is 9.45 Å². The molecule has 27 heavy (non-hydrogen) atoms. The van der Waals surface area contributed by atoms with Crippen LogP contribution in [0.1, 0.15) is 32.1 Å². The van der Waals surface area contributed by atoms with Gasteiger partial charge in [0.2, 0.25) is 5.82 Å². The van der Waals surface area contributed by atoms with Crippen LogP contribution in [-0.2, 0) is 0 Å². The van der Waals surface area contributed by atoms with E-state index < -0.39 is 0 Å². The van der Waals surface area contributed by atoms with Gasteiger partial charge in [0.1, 0.15) is 5.69 Å². The summed E-state index contributed by atoms with van der Waals surface area (Å²) in [5, 5.41) is 18.8. The Bertz CT molecular complexity index is 936. The van der Waals surface area contributed by atoms with E-state index in [1.165, 1.54) is 12.5 Å². The molecule has 0 atom stereocenters. The number of pyridine rings is 1. The Balaban J connectivity index is 1.61. The molecule has 0 aliphatic heterocycles. The SMILES string of the molecule is O=[N+]([O-])c1cc(-c2noc(-c3cccnc3)n2)ccc1NC1CCCCC1. The van der Waals surface area contributed by atoms with Crippen molar-refractivity contribution in [1.82, 2.24) is 15.1 Å². The summed E-state index contributed by atoms with van der Waals surface area (Å²) in [5.41, 5.74) is 1.79. The molecule has 1 N–H and O–H groups in total. The highest BCUT2D eigenvalue weighted by atomic mass is 16.6. The van der Waals surface area contributed by atoms with Gasteiger partial charge in [0.05, 0.1) is 10.5 Å². The van der Waals surface area contributed by atoms with E-state index in [1.54, 1.807) is 30.6 Å². The summed E-state index contributed by atoms with van der Waals surface area (Å²) in [7, 11) is 0. The number of nitro benzene ring substituents is 1. The lowest BCUT2D eigenvalue weighted by Crippen LogP contribution is -2.22. The summed E-state index contributed by atoms with van der Waals surface area (Å²) < 4.78 is 5.27. The van der Waals surface area contributed by atoms with Crippen molar-refractivity contribution in [3.8, 4) is 22.8 Å². The number of nitro groups is 1. The zero-order valence-corrected chi connectivity index (χ0v) is 14.7. The van der Waals surface area contributed by atoms with E-state index in [4.69, 9.17) is 4.52 Å². The van der Waals surface area contributed by atoms with Gasteiger partial charge in [-0.2, -0.15) is 4.98 Å². The van der Waals surface area contributed by atoms with Crippen LogP contribution in [0.5, 0.6) is 0 Å². The molecule has 3 aromatic rings. The van der Waals surface area contributed by atoms with Crippen LogP contribution in [0, 0.1) is 10.1 Å². The third-order valence-electron chi connectivity index (χ3n) is 4.75. The molecule has 4 rings (SSSR count). The summed E-state index contributed by atoms with van der Waals surface area (Å²) in [6.45, 7) is 0. The van der Waals surface area contributed by atoms with Crippen molar-refractivity contribution in [2.24, 2.45) is 0 Å². The standard InChI is InChI=1S/C19H19N5O3/c25-24(26)17-11-13(8-9-16(17)21-15-6-2-1-3-7-15)18-22-19(27-23-18)14-5-4-10-20-12-14/h4-5,8-12,15,21H,1-3,6-7H2. The maximum absolute atomic E-state index is 11.6. The van der Waals surface area contributed by atoms with Gasteiger partial charge in [-0.1, -0.05) is 24.4 Å². The summed E-state index contributed by atoms with van der Waals surface area (Å²) in [5.74, 6) is 0.631. The zero-order valence-electron chi connectivity index (χ0n) is 14.7. The summed E-state index contributed by atoms with van der Waals surface area (Å²) >= 11 is 0. The fourth-order valence-corrected chi connectivity index (χ4v) is 3.36. The zero-order chi connectivity index (χ0) is 18.6. The Morgan fingerprint density at radius 1 is 1.15 bits per heavy atom. The molecule has 0 radical (unpaired) electrons. The van der Waals surface area contributed by atoms with Crippen LogP contribution in [0.4, 0.5) is 11.4 Å². The molecule has 0 spiro atoms. The van der Waals surface area contributed by atoms with E-state index in [0.29, 0.717) is 28.5 Å². The van der Waals surface area contributed by atoms with Crippen molar-refractivity contribution in [2.45, 2.75) is 38.1 Å². The van der Waals surface area contributed by atoms with Gasteiger partial charge in [-0.25, -0.2) is 0 Å². The maximum Gasteiger partial charge on any atom is 0.293 e. The minimum atomic E-state index is -0.378. The Hall–Kier alpha value is -3.29. The van der Waals surface area contributed by atoms with E-state index in [9.17, 15) is 10.1 Å². The topological polar surface area (TPSA) is 107 Å². The molecule has 0 unspecified atom stereocenters. The smallest absolute Gasteiger partial charge is 0.293 e. The maximum atomic E-state index is 11.6. The Kier molecular flexibility index (Phi) is 4.78. The molecule has 1 saturated carbocycles. The lowest BCUT2D eigenvalue weighted by molar-refractivity contribution is -0.383. The average molecular weight is 365 g/mol. The molecule has 1 aliphatic carbocycles. The van der Waals surface area contributed by atoms with Crippen molar-refractivity contribution >= 4 is 11.4 Å². The van der Waals surface area contributed by atoms with E-state index >= 15 is 0 Å². The van der Waals surface area contributed by atoms with Crippen molar-refractivity contribution in [1.29, 1.82) is 0 Å². The van der Waals surface area contributed by atoms with Gasteiger partial charge < -0.3 is 9.84 Å². The van der Waals surface area contributed by atoms with Crippen molar-refractivity contribution in [3.05, 3.63) is 52.8 Å². The molecule has 8 heteroatoms. The van der Waals surface area contributed by atoms with Gasteiger partial charge in [-0.15, -0.1) is 0 Å². The number of anilines is 1. The fourth-order valence-electron chi connectivity index (χ4n) is 3.36. The average Bonchev–Trinajstić information content (AvgIpc) is 3.20. The number of hydrogen-bond donors (Lipinski definition) is 1. The first-order chi connectivity index (χ1) is 13.2. The Labute approximate surface area is 155 Å². The monoisotopic (exact) mass is 365 g/mol. The first-order valence-corrected chi connectivity index (χ1v) is 9.00. The molecule has 1 fully saturated rings. The Morgan fingerprint density at radius 3 is 2.74 bits per heavy atom. The van der Waals surface area contributed by atoms with Gasteiger partial charge in [0.15, 0.2) is 0 Å².